The van der Waals surface area contributed by atoms with E-state index in [1.165, 1.54) is 29.4 Å². The maximum atomic E-state index is 13.2. The Morgan fingerprint density at radius 2 is 1.80 bits per heavy atom. The number of anilines is 3. The summed E-state index contributed by atoms with van der Waals surface area (Å²) in [6, 6.07) is 10.4. The Morgan fingerprint density at radius 1 is 1.00 bits per heavy atom. The number of hydrogen-bond donors (Lipinski definition) is 0. The first-order chi connectivity index (χ1) is 14.4. The van der Waals surface area contributed by atoms with E-state index in [2.05, 4.69) is 25.1 Å². The molecule has 0 saturated heterocycles. The summed E-state index contributed by atoms with van der Waals surface area (Å²) in [7, 11) is 0. The number of rotatable bonds is 3. The average Bonchev–Trinajstić information content (AvgIpc) is 2.74. The van der Waals surface area contributed by atoms with Gasteiger partial charge in [0.25, 0.3) is 0 Å². The van der Waals surface area contributed by atoms with Crippen molar-refractivity contribution in [1.82, 2.24) is 25.1 Å². The van der Waals surface area contributed by atoms with Gasteiger partial charge >= 0.3 is 6.18 Å². The fourth-order valence-corrected chi connectivity index (χ4v) is 3.00. The highest BCUT2D eigenvalue weighted by molar-refractivity contribution is 5.94. The van der Waals surface area contributed by atoms with Crippen LogP contribution in [0.25, 0.3) is 11.0 Å². The summed E-state index contributed by atoms with van der Waals surface area (Å²) < 4.78 is 39.7. The van der Waals surface area contributed by atoms with Crippen LogP contribution in [0.4, 0.5) is 30.5 Å². The summed E-state index contributed by atoms with van der Waals surface area (Å²) >= 11 is 0. The Balaban J connectivity index is 2.01. The Morgan fingerprint density at radius 3 is 2.53 bits per heavy atom. The van der Waals surface area contributed by atoms with Crippen molar-refractivity contribution in [3.8, 4) is 6.07 Å². The van der Waals surface area contributed by atoms with Gasteiger partial charge in [0.1, 0.15) is 11.9 Å². The molecule has 0 amide bonds. The lowest BCUT2D eigenvalue weighted by atomic mass is 10.1. The number of hydrogen-bond acceptors (Lipinski definition) is 7. The molecule has 10 heteroatoms. The second kappa shape index (κ2) is 7.36. The lowest BCUT2D eigenvalue weighted by Gasteiger charge is -2.25. The quantitative estimate of drug-likeness (QED) is 0.494. The zero-order chi connectivity index (χ0) is 21.3. The van der Waals surface area contributed by atoms with Crippen molar-refractivity contribution in [2.24, 2.45) is 0 Å². The average molecular weight is 407 g/mol. The van der Waals surface area contributed by atoms with Crippen LogP contribution < -0.4 is 4.90 Å². The van der Waals surface area contributed by atoms with Gasteiger partial charge in [-0.25, -0.2) is 15.0 Å². The number of nitriles is 1. The van der Waals surface area contributed by atoms with E-state index in [-0.39, 0.29) is 5.82 Å². The Labute approximate surface area is 168 Å². The van der Waals surface area contributed by atoms with Gasteiger partial charge < -0.3 is 0 Å². The molecule has 7 nitrogen and oxygen atoms in total. The number of aryl methyl sites for hydroxylation is 1. The van der Waals surface area contributed by atoms with E-state index in [9.17, 15) is 18.4 Å². The second-order valence-corrected chi connectivity index (χ2v) is 6.25. The van der Waals surface area contributed by atoms with E-state index in [1.54, 1.807) is 37.4 Å². The minimum atomic E-state index is -4.70. The largest absolute Gasteiger partial charge is 0.419 e. The normalized spacial score (nSPS) is 11.3. The summed E-state index contributed by atoms with van der Waals surface area (Å²) in [5.41, 5.74) is -0.158. The molecule has 0 saturated carbocycles. The fraction of sp³-hybridized carbons (Fsp3) is 0.100. The molecular formula is C20H12F3N7. The van der Waals surface area contributed by atoms with Crippen molar-refractivity contribution in [1.29, 1.82) is 5.26 Å². The molecule has 4 aromatic heterocycles. The van der Waals surface area contributed by atoms with Gasteiger partial charge in [0.2, 0.25) is 0 Å². The summed E-state index contributed by atoms with van der Waals surface area (Å²) in [6.07, 6.45) is -0.0822. The van der Waals surface area contributed by atoms with E-state index in [4.69, 9.17) is 0 Å². The monoisotopic (exact) mass is 407 g/mol. The Hall–Kier alpha value is -4.13. The first kappa shape index (κ1) is 19.2. The molecule has 0 spiro atoms. The van der Waals surface area contributed by atoms with Crippen molar-refractivity contribution in [3.63, 3.8) is 0 Å². The molecular weight excluding hydrogens is 395 g/mol. The zero-order valence-electron chi connectivity index (χ0n) is 15.5. The van der Waals surface area contributed by atoms with Gasteiger partial charge in [0.05, 0.1) is 17.4 Å². The number of aromatic nitrogens is 5. The van der Waals surface area contributed by atoms with Crippen molar-refractivity contribution in [2.45, 2.75) is 13.1 Å². The van der Waals surface area contributed by atoms with Crippen molar-refractivity contribution < 1.29 is 13.2 Å². The topological polar surface area (TPSA) is 91.5 Å². The van der Waals surface area contributed by atoms with Crippen LogP contribution in [-0.2, 0) is 6.18 Å². The molecule has 30 heavy (non-hydrogen) atoms. The number of halogens is 3. The number of pyridine rings is 3. The van der Waals surface area contributed by atoms with Gasteiger partial charge in [0.15, 0.2) is 17.2 Å². The maximum Gasteiger partial charge on any atom is 0.419 e. The molecule has 4 aromatic rings. The van der Waals surface area contributed by atoms with Crippen LogP contribution in [0.1, 0.15) is 16.8 Å². The summed E-state index contributed by atoms with van der Waals surface area (Å²) in [5, 5.41) is 18.0. The predicted molar refractivity (Wildman–Crippen MR) is 102 cm³/mol. The van der Waals surface area contributed by atoms with Crippen LogP contribution in [-0.4, -0.2) is 25.1 Å². The van der Waals surface area contributed by atoms with Gasteiger partial charge in [-0.15, -0.1) is 5.10 Å². The maximum absolute atomic E-state index is 13.2. The first-order valence-electron chi connectivity index (χ1n) is 8.66. The van der Waals surface area contributed by atoms with Gasteiger partial charge in [-0.05, 0) is 48.9 Å². The molecule has 0 aliphatic carbocycles. The lowest BCUT2D eigenvalue weighted by molar-refractivity contribution is -0.138. The summed E-state index contributed by atoms with van der Waals surface area (Å²) in [6.45, 7) is 1.79. The molecule has 4 heterocycles. The molecule has 0 atom stereocenters. The minimum Gasteiger partial charge on any atom is -0.276 e. The molecule has 0 bridgehead atoms. The van der Waals surface area contributed by atoms with Crippen molar-refractivity contribution >= 4 is 28.4 Å². The van der Waals surface area contributed by atoms with Gasteiger partial charge in [-0.2, -0.15) is 23.5 Å². The third-order valence-electron chi connectivity index (χ3n) is 4.36. The first-order valence-corrected chi connectivity index (χ1v) is 8.66. The molecule has 0 unspecified atom stereocenters. The van der Waals surface area contributed by atoms with E-state index in [1.807, 2.05) is 0 Å². The number of fused-ring (bicyclic) bond motifs is 1. The van der Waals surface area contributed by atoms with Gasteiger partial charge in [0, 0.05) is 17.8 Å². The molecule has 0 aromatic carbocycles. The smallest absolute Gasteiger partial charge is 0.276 e. The third-order valence-corrected chi connectivity index (χ3v) is 4.36. The third kappa shape index (κ3) is 3.37. The van der Waals surface area contributed by atoms with Crippen molar-refractivity contribution in [3.05, 3.63) is 71.8 Å². The highest BCUT2D eigenvalue weighted by atomic mass is 19.4. The molecule has 4 rings (SSSR count). The Bertz CT molecular complexity index is 1280. The highest BCUT2D eigenvalue weighted by Crippen LogP contribution is 2.39. The van der Waals surface area contributed by atoms with Crippen LogP contribution in [0, 0.1) is 18.3 Å². The molecule has 0 N–H and O–H groups in total. The minimum absolute atomic E-state index is 0.0829. The van der Waals surface area contributed by atoms with Gasteiger partial charge in [-0.1, -0.05) is 0 Å². The second-order valence-electron chi connectivity index (χ2n) is 6.25. The Kier molecular flexibility index (Phi) is 4.71. The van der Waals surface area contributed by atoms with E-state index < -0.39 is 17.4 Å². The van der Waals surface area contributed by atoms with Crippen molar-refractivity contribution in [2.75, 3.05) is 4.90 Å². The van der Waals surface area contributed by atoms with Crippen LogP contribution in [0.15, 0.2) is 55.0 Å². The zero-order valence-corrected chi connectivity index (χ0v) is 15.5. The molecule has 0 radical (unpaired) electrons. The molecule has 148 valence electrons. The predicted octanol–water partition coefficient (Wildman–Crippen LogP) is 4.48. The van der Waals surface area contributed by atoms with Gasteiger partial charge in [-0.3, -0.25) is 4.90 Å². The van der Waals surface area contributed by atoms with Crippen LogP contribution in [0.5, 0.6) is 0 Å². The fourth-order valence-electron chi connectivity index (χ4n) is 3.00. The molecule has 0 aliphatic rings. The van der Waals surface area contributed by atoms with E-state index in [0.717, 1.165) is 6.07 Å². The van der Waals surface area contributed by atoms with E-state index in [0.29, 0.717) is 28.1 Å². The SMILES string of the molecule is Cc1ccnnc1N(c1ccc(C(F)(F)F)c(C#N)n1)c1ccnc2ncccc12. The lowest BCUT2D eigenvalue weighted by Crippen LogP contribution is -2.18. The number of alkyl halides is 3. The standard InChI is InChI=1S/C20H12F3N7/c1-12-6-10-27-29-19(12)30(16-7-9-26-18-13(16)3-2-8-25-18)17-5-4-14(20(21,22)23)15(11-24)28-17/h2-10H,1H3. The van der Waals surface area contributed by atoms with Crippen LogP contribution in [0.3, 0.4) is 0 Å². The van der Waals surface area contributed by atoms with E-state index >= 15 is 0 Å². The summed E-state index contributed by atoms with van der Waals surface area (Å²) in [4.78, 5) is 14.0. The molecule has 0 fully saturated rings. The highest BCUT2D eigenvalue weighted by Gasteiger charge is 2.35. The summed E-state index contributed by atoms with van der Waals surface area (Å²) in [5.74, 6) is 0.435. The van der Waals surface area contributed by atoms with Crippen LogP contribution in [0.2, 0.25) is 0 Å². The van der Waals surface area contributed by atoms with Crippen LogP contribution >= 0.6 is 0 Å². The number of nitrogens with zero attached hydrogens (tertiary/aromatic N) is 7. The molecule has 0 aliphatic heterocycles.